The molecule has 2 aromatic carbocycles. The number of carbonyl (C=O) groups excluding carboxylic acids is 2. The van der Waals surface area contributed by atoms with Crippen LogP contribution >= 0.6 is 0 Å². The first-order chi connectivity index (χ1) is 14.6. The minimum absolute atomic E-state index is 0.0752. The average Bonchev–Trinajstić information content (AvgIpc) is 2.78. The van der Waals surface area contributed by atoms with Crippen LogP contribution in [0.2, 0.25) is 0 Å². The first-order valence-electron chi connectivity index (χ1n) is 10.7. The molecule has 30 heavy (non-hydrogen) atoms. The van der Waals surface area contributed by atoms with Crippen molar-refractivity contribution < 1.29 is 9.59 Å². The Morgan fingerprint density at radius 1 is 1.03 bits per heavy atom. The van der Waals surface area contributed by atoms with Crippen molar-refractivity contribution in [3.63, 3.8) is 0 Å². The Morgan fingerprint density at radius 3 is 2.63 bits per heavy atom. The Kier molecular flexibility index (Phi) is 8.21. The van der Waals surface area contributed by atoms with E-state index in [9.17, 15) is 9.59 Å². The van der Waals surface area contributed by atoms with E-state index in [1.54, 1.807) is 36.2 Å². The molecule has 0 saturated carbocycles. The van der Waals surface area contributed by atoms with Gasteiger partial charge in [0.25, 0.3) is 5.91 Å². The van der Waals surface area contributed by atoms with Crippen molar-refractivity contribution >= 4 is 17.5 Å². The monoisotopic (exact) mass is 405 g/mol. The lowest BCUT2D eigenvalue weighted by Crippen LogP contribution is -2.29. The minimum Gasteiger partial charge on any atom is -0.337 e. The SMILES string of the molecule is CN(Cc1ccccc1)C(=O)c1cccc(NC(=O)CNCCC2=CCCCC2)c1. The highest BCUT2D eigenvalue weighted by atomic mass is 16.2. The molecule has 3 rings (SSSR count). The van der Waals surface area contributed by atoms with Crippen molar-refractivity contribution in [1.29, 1.82) is 0 Å². The quantitative estimate of drug-likeness (QED) is 0.481. The summed E-state index contributed by atoms with van der Waals surface area (Å²) in [5, 5.41) is 6.09. The van der Waals surface area contributed by atoms with Gasteiger partial charge in [-0.25, -0.2) is 0 Å². The number of nitrogens with zero attached hydrogens (tertiary/aromatic N) is 1. The van der Waals surface area contributed by atoms with E-state index in [1.165, 1.54) is 31.3 Å². The largest absolute Gasteiger partial charge is 0.337 e. The van der Waals surface area contributed by atoms with Gasteiger partial charge in [0.15, 0.2) is 0 Å². The number of hydrogen-bond donors (Lipinski definition) is 2. The van der Waals surface area contributed by atoms with Crippen molar-refractivity contribution in [3.8, 4) is 0 Å². The molecule has 0 aliphatic heterocycles. The molecule has 5 nitrogen and oxygen atoms in total. The number of benzene rings is 2. The van der Waals surface area contributed by atoms with Crippen molar-refractivity contribution in [1.82, 2.24) is 10.2 Å². The predicted molar refractivity (Wildman–Crippen MR) is 121 cm³/mol. The highest BCUT2D eigenvalue weighted by Gasteiger charge is 2.13. The Morgan fingerprint density at radius 2 is 1.87 bits per heavy atom. The Balaban J connectivity index is 1.46. The topological polar surface area (TPSA) is 61.4 Å². The van der Waals surface area contributed by atoms with Crippen LogP contribution in [0.5, 0.6) is 0 Å². The second kappa shape index (κ2) is 11.3. The molecular formula is C25H31N3O2. The summed E-state index contributed by atoms with van der Waals surface area (Å²) >= 11 is 0. The number of hydrogen-bond acceptors (Lipinski definition) is 3. The van der Waals surface area contributed by atoms with Gasteiger partial charge in [0, 0.05) is 24.8 Å². The van der Waals surface area contributed by atoms with Crippen LogP contribution in [-0.4, -0.2) is 36.9 Å². The molecule has 0 unspecified atom stereocenters. The van der Waals surface area contributed by atoms with Gasteiger partial charge in [-0.1, -0.05) is 48.0 Å². The molecule has 5 heteroatoms. The van der Waals surface area contributed by atoms with Crippen molar-refractivity contribution in [2.75, 3.05) is 25.5 Å². The van der Waals surface area contributed by atoms with Gasteiger partial charge in [0.1, 0.15) is 0 Å². The van der Waals surface area contributed by atoms with Crippen LogP contribution in [0.4, 0.5) is 5.69 Å². The molecule has 0 radical (unpaired) electrons. The molecule has 0 heterocycles. The standard InChI is InChI=1S/C25H31N3O2/c1-28(19-21-11-6-3-7-12-21)25(30)22-13-8-14-23(17-22)27-24(29)18-26-16-15-20-9-4-2-5-10-20/h3,6-9,11-14,17,26H,2,4-5,10,15-16,18-19H2,1H3,(H,27,29). The van der Waals surface area contributed by atoms with E-state index in [0.717, 1.165) is 18.5 Å². The highest BCUT2D eigenvalue weighted by molar-refractivity contribution is 5.97. The molecule has 0 spiro atoms. The lowest BCUT2D eigenvalue weighted by molar-refractivity contribution is -0.115. The number of amides is 2. The van der Waals surface area contributed by atoms with Crippen LogP contribution < -0.4 is 10.6 Å². The van der Waals surface area contributed by atoms with Gasteiger partial charge in [0.2, 0.25) is 5.91 Å². The third-order valence-corrected chi connectivity index (χ3v) is 5.30. The molecule has 1 aliphatic rings. The number of rotatable bonds is 9. The molecule has 2 N–H and O–H groups in total. The van der Waals surface area contributed by atoms with Crippen molar-refractivity contribution in [2.45, 2.75) is 38.6 Å². The van der Waals surface area contributed by atoms with E-state index in [2.05, 4.69) is 16.7 Å². The van der Waals surface area contributed by atoms with E-state index in [1.807, 2.05) is 30.3 Å². The molecule has 0 atom stereocenters. The zero-order valence-corrected chi connectivity index (χ0v) is 17.7. The lowest BCUT2D eigenvalue weighted by atomic mass is 9.97. The Labute approximate surface area is 179 Å². The van der Waals surface area contributed by atoms with Crippen molar-refractivity contribution in [2.24, 2.45) is 0 Å². The first-order valence-corrected chi connectivity index (χ1v) is 10.7. The Hall–Kier alpha value is -2.92. The highest BCUT2D eigenvalue weighted by Crippen LogP contribution is 2.19. The molecule has 0 bridgehead atoms. The summed E-state index contributed by atoms with van der Waals surface area (Å²) < 4.78 is 0. The van der Waals surface area contributed by atoms with Gasteiger partial charge in [-0.3, -0.25) is 9.59 Å². The summed E-state index contributed by atoms with van der Waals surface area (Å²) in [6.07, 6.45) is 8.29. The zero-order valence-electron chi connectivity index (χ0n) is 17.7. The molecule has 0 aromatic heterocycles. The molecular weight excluding hydrogens is 374 g/mol. The van der Waals surface area contributed by atoms with E-state index in [0.29, 0.717) is 17.8 Å². The second-order valence-electron chi connectivity index (χ2n) is 7.81. The molecule has 1 aliphatic carbocycles. The molecule has 0 fully saturated rings. The maximum absolute atomic E-state index is 12.7. The zero-order chi connectivity index (χ0) is 21.2. The lowest BCUT2D eigenvalue weighted by Gasteiger charge is -2.18. The molecule has 0 saturated heterocycles. The van der Waals surface area contributed by atoms with Gasteiger partial charge in [-0.15, -0.1) is 0 Å². The van der Waals surface area contributed by atoms with Gasteiger partial charge >= 0.3 is 0 Å². The van der Waals surface area contributed by atoms with E-state index in [4.69, 9.17) is 0 Å². The fourth-order valence-electron chi connectivity index (χ4n) is 3.67. The van der Waals surface area contributed by atoms with Crippen LogP contribution in [0.15, 0.2) is 66.2 Å². The average molecular weight is 406 g/mol. The number of nitrogens with one attached hydrogen (secondary N) is 2. The number of carbonyl (C=O) groups is 2. The molecule has 158 valence electrons. The van der Waals surface area contributed by atoms with Crippen LogP contribution in [0.3, 0.4) is 0 Å². The third kappa shape index (κ3) is 6.85. The number of allylic oxidation sites excluding steroid dienone is 1. The van der Waals surface area contributed by atoms with Crippen LogP contribution in [-0.2, 0) is 11.3 Å². The van der Waals surface area contributed by atoms with E-state index < -0.39 is 0 Å². The maximum atomic E-state index is 12.7. The maximum Gasteiger partial charge on any atom is 0.253 e. The van der Waals surface area contributed by atoms with E-state index >= 15 is 0 Å². The molecule has 2 amide bonds. The normalized spacial score (nSPS) is 13.4. The minimum atomic E-state index is -0.102. The summed E-state index contributed by atoms with van der Waals surface area (Å²) in [5.41, 5.74) is 3.77. The summed E-state index contributed by atoms with van der Waals surface area (Å²) in [6, 6.07) is 17.0. The fourth-order valence-corrected chi connectivity index (χ4v) is 3.67. The summed E-state index contributed by atoms with van der Waals surface area (Å²) in [6.45, 7) is 1.61. The summed E-state index contributed by atoms with van der Waals surface area (Å²) in [7, 11) is 1.78. The van der Waals surface area contributed by atoms with Gasteiger partial charge in [-0.2, -0.15) is 0 Å². The first kappa shape index (κ1) is 21.8. The van der Waals surface area contributed by atoms with Crippen molar-refractivity contribution in [3.05, 3.63) is 77.4 Å². The summed E-state index contributed by atoms with van der Waals surface area (Å²) in [5.74, 6) is -0.177. The third-order valence-electron chi connectivity index (χ3n) is 5.30. The molecule has 2 aromatic rings. The van der Waals surface area contributed by atoms with Crippen LogP contribution in [0, 0.1) is 0 Å². The number of anilines is 1. The van der Waals surface area contributed by atoms with Gasteiger partial charge in [-0.05, 0) is 62.4 Å². The summed E-state index contributed by atoms with van der Waals surface area (Å²) in [4.78, 5) is 26.7. The second-order valence-corrected chi connectivity index (χ2v) is 7.81. The Bertz CT molecular complexity index is 877. The van der Waals surface area contributed by atoms with Crippen LogP contribution in [0.1, 0.15) is 48.0 Å². The predicted octanol–water partition coefficient (Wildman–Crippen LogP) is 4.38. The van der Waals surface area contributed by atoms with Crippen LogP contribution in [0.25, 0.3) is 0 Å². The van der Waals surface area contributed by atoms with Gasteiger partial charge in [0.05, 0.1) is 6.54 Å². The smallest absolute Gasteiger partial charge is 0.253 e. The van der Waals surface area contributed by atoms with E-state index in [-0.39, 0.29) is 18.4 Å². The fraction of sp³-hybridized carbons (Fsp3) is 0.360. The van der Waals surface area contributed by atoms with Gasteiger partial charge < -0.3 is 15.5 Å².